The highest BCUT2D eigenvalue weighted by Crippen LogP contribution is 2.34. The fourth-order valence-electron chi connectivity index (χ4n) is 3.05. The lowest BCUT2D eigenvalue weighted by atomic mass is 10.1. The van der Waals surface area contributed by atoms with Crippen LogP contribution in [-0.2, 0) is 0 Å². The molecule has 0 saturated carbocycles. The second kappa shape index (κ2) is 6.97. The van der Waals surface area contributed by atoms with E-state index >= 15 is 0 Å². The molecule has 0 bridgehead atoms. The van der Waals surface area contributed by atoms with Crippen LogP contribution in [-0.4, -0.2) is 22.1 Å². The summed E-state index contributed by atoms with van der Waals surface area (Å²) in [6.45, 7) is 2.04. The molecule has 4 rings (SSSR count). The van der Waals surface area contributed by atoms with E-state index in [1.54, 1.807) is 11.8 Å². The molecule has 0 aliphatic carbocycles. The Morgan fingerprint density at radius 3 is 2.77 bits per heavy atom. The second-order valence-corrected chi connectivity index (χ2v) is 7.57. The van der Waals surface area contributed by atoms with Crippen molar-refractivity contribution in [2.45, 2.75) is 11.8 Å². The molecule has 1 amide bonds. The number of nitrogens with zero attached hydrogens (tertiary/aromatic N) is 1. The van der Waals surface area contributed by atoms with Gasteiger partial charge in [-0.25, -0.2) is 4.98 Å². The lowest BCUT2D eigenvalue weighted by molar-refractivity contribution is 0.102. The summed E-state index contributed by atoms with van der Waals surface area (Å²) >= 11 is 3.00. The maximum absolute atomic E-state index is 12.6. The van der Waals surface area contributed by atoms with E-state index in [1.165, 1.54) is 11.3 Å². The number of aromatic amines is 1. The molecule has 0 unspecified atom stereocenters. The van der Waals surface area contributed by atoms with Crippen LogP contribution in [0.15, 0.2) is 58.8 Å². The molecule has 0 saturated heterocycles. The van der Waals surface area contributed by atoms with Crippen LogP contribution in [0.25, 0.3) is 22.2 Å². The number of H-pyrrole nitrogens is 1. The van der Waals surface area contributed by atoms with Crippen LogP contribution in [0.3, 0.4) is 0 Å². The predicted molar refractivity (Wildman–Crippen MR) is 110 cm³/mol. The first-order valence-corrected chi connectivity index (χ1v) is 10.3. The van der Waals surface area contributed by atoms with Crippen LogP contribution < -0.4 is 5.32 Å². The molecule has 0 atom stereocenters. The Balaban J connectivity index is 1.64. The molecule has 2 aromatic carbocycles. The van der Waals surface area contributed by atoms with Gasteiger partial charge in [0.25, 0.3) is 5.91 Å². The lowest BCUT2D eigenvalue weighted by Gasteiger charge is -2.06. The number of anilines is 1. The minimum atomic E-state index is -0.133. The number of aryl methyl sites for hydroxylation is 1. The first-order valence-electron chi connectivity index (χ1n) is 8.15. The summed E-state index contributed by atoms with van der Waals surface area (Å²) in [5.74, 6) is -0.133. The van der Waals surface area contributed by atoms with Crippen molar-refractivity contribution in [3.8, 4) is 11.3 Å². The molecule has 4 aromatic rings. The predicted octanol–water partition coefficient (Wildman–Crippen LogP) is 5.57. The molecule has 0 fully saturated rings. The Hall–Kier alpha value is -2.57. The van der Waals surface area contributed by atoms with E-state index in [2.05, 4.69) is 27.4 Å². The Morgan fingerprint density at radius 2 is 1.92 bits per heavy atom. The van der Waals surface area contributed by atoms with Gasteiger partial charge in [0.15, 0.2) is 5.13 Å². The molecule has 2 heterocycles. The Bertz CT molecular complexity index is 1100. The van der Waals surface area contributed by atoms with E-state index in [1.807, 2.05) is 55.0 Å². The third kappa shape index (κ3) is 3.02. The SMILES string of the molecule is CSc1ccccc1C(=O)Nc1nc(-c2c(C)[nH]c3ccccc23)cs1. The van der Waals surface area contributed by atoms with Gasteiger partial charge in [0, 0.05) is 32.4 Å². The number of nitrogens with one attached hydrogen (secondary N) is 2. The summed E-state index contributed by atoms with van der Waals surface area (Å²) < 4.78 is 0. The summed E-state index contributed by atoms with van der Waals surface area (Å²) in [6.07, 6.45) is 1.97. The summed E-state index contributed by atoms with van der Waals surface area (Å²) in [4.78, 5) is 21.6. The van der Waals surface area contributed by atoms with E-state index in [4.69, 9.17) is 0 Å². The number of thioether (sulfide) groups is 1. The van der Waals surface area contributed by atoms with Crippen LogP contribution in [0.1, 0.15) is 16.1 Å². The van der Waals surface area contributed by atoms with E-state index in [-0.39, 0.29) is 5.91 Å². The molecule has 4 nitrogen and oxygen atoms in total. The number of aromatic nitrogens is 2. The third-order valence-corrected chi connectivity index (χ3v) is 5.78. The van der Waals surface area contributed by atoms with Crippen molar-refractivity contribution in [1.29, 1.82) is 0 Å². The molecule has 2 N–H and O–H groups in total. The Morgan fingerprint density at radius 1 is 1.15 bits per heavy atom. The maximum atomic E-state index is 12.6. The molecule has 0 aliphatic rings. The van der Waals surface area contributed by atoms with Gasteiger partial charge in [-0.1, -0.05) is 30.3 Å². The largest absolute Gasteiger partial charge is 0.358 e. The number of hydrogen-bond donors (Lipinski definition) is 2. The van der Waals surface area contributed by atoms with Gasteiger partial charge in [-0.2, -0.15) is 0 Å². The number of fused-ring (bicyclic) bond motifs is 1. The number of carbonyl (C=O) groups excluding carboxylic acids is 1. The van der Waals surface area contributed by atoms with Crippen molar-refractivity contribution in [2.75, 3.05) is 11.6 Å². The highest BCUT2D eigenvalue weighted by molar-refractivity contribution is 7.98. The van der Waals surface area contributed by atoms with Crippen molar-refractivity contribution in [2.24, 2.45) is 0 Å². The fourth-order valence-corrected chi connectivity index (χ4v) is 4.34. The molecule has 2 aromatic heterocycles. The normalized spacial score (nSPS) is 11.0. The van der Waals surface area contributed by atoms with Gasteiger partial charge >= 0.3 is 0 Å². The van der Waals surface area contributed by atoms with E-state index in [0.717, 1.165) is 32.7 Å². The molecule has 0 spiro atoms. The summed E-state index contributed by atoms with van der Waals surface area (Å²) in [6, 6.07) is 15.8. The summed E-state index contributed by atoms with van der Waals surface area (Å²) in [7, 11) is 0. The summed E-state index contributed by atoms with van der Waals surface area (Å²) in [5.41, 5.74) is 4.79. The third-order valence-electron chi connectivity index (χ3n) is 4.23. The zero-order valence-electron chi connectivity index (χ0n) is 14.4. The van der Waals surface area contributed by atoms with Gasteiger partial charge in [0.2, 0.25) is 0 Å². The highest BCUT2D eigenvalue weighted by atomic mass is 32.2. The van der Waals surface area contributed by atoms with Gasteiger partial charge in [-0.15, -0.1) is 23.1 Å². The van der Waals surface area contributed by atoms with Crippen LogP contribution in [0.2, 0.25) is 0 Å². The van der Waals surface area contributed by atoms with Crippen molar-refractivity contribution >= 4 is 45.0 Å². The van der Waals surface area contributed by atoms with Crippen molar-refractivity contribution in [3.05, 3.63) is 65.2 Å². The van der Waals surface area contributed by atoms with Gasteiger partial charge < -0.3 is 4.98 Å². The topological polar surface area (TPSA) is 57.8 Å². The molecule has 0 radical (unpaired) electrons. The standard InChI is InChI=1S/C20H17N3OS2/c1-12-18(13-7-3-5-9-15(13)21-12)16-11-26-20(22-16)23-19(24)14-8-4-6-10-17(14)25-2/h3-11,21H,1-2H3,(H,22,23,24). The van der Waals surface area contributed by atoms with Crippen molar-refractivity contribution in [3.63, 3.8) is 0 Å². The quantitative estimate of drug-likeness (QED) is 0.456. The monoisotopic (exact) mass is 379 g/mol. The summed E-state index contributed by atoms with van der Waals surface area (Å²) in [5, 5.41) is 6.65. The van der Waals surface area contributed by atoms with Crippen LogP contribution >= 0.6 is 23.1 Å². The first-order chi connectivity index (χ1) is 12.7. The van der Waals surface area contributed by atoms with Crippen molar-refractivity contribution < 1.29 is 4.79 Å². The number of amides is 1. The van der Waals surface area contributed by atoms with Crippen LogP contribution in [0.4, 0.5) is 5.13 Å². The number of thiazole rings is 1. The number of carbonyl (C=O) groups is 1. The average Bonchev–Trinajstić information content (AvgIpc) is 3.24. The molecule has 130 valence electrons. The number of hydrogen-bond acceptors (Lipinski definition) is 4. The van der Waals surface area contributed by atoms with Gasteiger partial charge in [0.1, 0.15) is 0 Å². The molecular formula is C20H17N3OS2. The number of para-hydroxylation sites is 1. The van der Waals surface area contributed by atoms with Crippen LogP contribution in [0.5, 0.6) is 0 Å². The van der Waals surface area contributed by atoms with E-state index < -0.39 is 0 Å². The zero-order chi connectivity index (χ0) is 18.1. The Labute approximate surface area is 159 Å². The van der Waals surface area contributed by atoms with Crippen molar-refractivity contribution in [1.82, 2.24) is 9.97 Å². The zero-order valence-corrected chi connectivity index (χ0v) is 16.0. The first kappa shape index (κ1) is 16.9. The van der Waals surface area contributed by atoms with Gasteiger partial charge in [-0.05, 0) is 31.4 Å². The number of benzene rings is 2. The second-order valence-electron chi connectivity index (χ2n) is 5.86. The number of rotatable bonds is 4. The smallest absolute Gasteiger partial charge is 0.258 e. The van der Waals surface area contributed by atoms with E-state index in [0.29, 0.717) is 10.7 Å². The maximum Gasteiger partial charge on any atom is 0.258 e. The van der Waals surface area contributed by atoms with E-state index in [9.17, 15) is 4.79 Å². The minimum absolute atomic E-state index is 0.133. The van der Waals surface area contributed by atoms with Gasteiger partial charge in [0.05, 0.1) is 11.3 Å². The fraction of sp³-hybridized carbons (Fsp3) is 0.100. The average molecular weight is 380 g/mol. The lowest BCUT2D eigenvalue weighted by Crippen LogP contribution is -2.12. The molecule has 6 heteroatoms. The highest BCUT2D eigenvalue weighted by Gasteiger charge is 2.16. The van der Waals surface area contributed by atoms with Gasteiger partial charge in [-0.3, -0.25) is 10.1 Å². The molecular weight excluding hydrogens is 362 g/mol. The molecule has 26 heavy (non-hydrogen) atoms. The minimum Gasteiger partial charge on any atom is -0.358 e. The Kier molecular flexibility index (Phi) is 4.53. The molecule has 0 aliphatic heterocycles. The van der Waals surface area contributed by atoms with Crippen LogP contribution in [0, 0.1) is 6.92 Å².